The van der Waals surface area contributed by atoms with Gasteiger partial charge in [-0.2, -0.15) is 0 Å². The first-order chi connectivity index (χ1) is 12.9. The normalized spacial score (nSPS) is 11.0. The molecule has 0 bridgehead atoms. The molecule has 3 aromatic rings. The van der Waals surface area contributed by atoms with Gasteiger partial charge in [-0.15, -0.1) is 0 Å². The topological polar surface area (TPSA) is 47.8 Å². The molecule has 0 aliphatic carbocycles. The lowest BCUT2D eigenvalue weighted by Gasteiger charge is -2.07. The number of hydrogen-bond acceptors (Lipinski definition) is 3. The number of ketones is 1. The van der Waals surface area contributed by atoms with Crippen LogP contribution < -0.4 is 0 Å². The SMILES string of the molecule is CCOC(=O)c1c(CC)c(C(=O)c2ccc(F)cc2)n2cc(C)cc(C)c12. The number of halogens is 1. The minimum atomic E-state index is -0.433. The van der Waals surface area contributed by atoms with Crippen LogP contribution in [0.15, 0.2) is 36.5 Å². The van der Waals surface area contributed by atoms with Crippen LogP contribution in [0.2, 0.25) is 0 Å². The van der Waals surface area contributed by atoms with Crippen LogP contribution in [0.1, 0.15) is 56.9 Å². The molecule has 0 radical (unpaired) electrons. The van der Waals surface area contributed by atoms with Crippen LogP contribution in [0.5, 0.6) is 0 Å². The van der Waals surface area contributed by atoms with Gasteiger partial charge in [-0.05, 0) is 68.1 Å². The Hall–Kier alpha value is -2.95. The van der Waals surface area contributed by atoms with Crippen LogP contribution in [0.4, 0.5) is 4.39 Å². The van der Waals surface area contributed by atoms with Gasteiger partial charge in [-0.3, -0.25) is 4.79 Å². The van der Waals surface area contributed by atoms with Crippen LogP contribution in [0.25, 0.3) is 5.52 Å². The Morgan fingerprint density at radius 3 is 2.37 bits per heavy atom. The summed E-state index contributed by atoms with van der Waals surface area (Å²) in [5, 5.41) is 0. The van der Waals surface area contributed by atoms with Gasteiger partial charge in [-0.25, -0.2) is 9.18 Å². The van der Waals surface area contributed by atoms with E-state index in [9.17, 15) is 14.0 Å². The van der Waals surface area contributed by atoms with Gasteiger partial charge in [0.15, 0.2) is 0 Å². The standard InChI is InChI=1S/C22H22FNO3/c1-5-17-18(22(26)27-6-2)19-14(4)11-13(3)12-24(19)20(17)21(25)15-7-9-16(23)10-8-15/h7-12H,5-6H2,1-4H3. The smallest absolute Gasteiger partial charge is 0.340 e. The number of benzene rings is 1. The van der Waals surface area contributed by atoms with Crippen molar-refractivity contribution in [1.82, 2.24) is 4.40 Å². The van der Waals surface area contributed by atoms with Gasteiger partial charge in [0.2, 0.25) is 5.78 Å². The lowest BCUT2D eigenvalue weighted by atomic mass is 10.0. The highest BCUT2D eigenvalue weighted by atomic mass is 19.1. The molecule has 0 atom stereocenters. The van der Waals surface area contributed by atoms with E-state index in [2.05, 4.69) is 0 Å². The third kappa shape index (κ3) is 3.25. The summed E-state index contributed by atoms with van der Waals surface area (Å²) in [6, 6.07) is 7.42. The van der Waals surface area contributed by atoms with E-state index in [-0.39, 0.29) is 12.4 Å². The highest BCUT2D eigenvalue weighted by molar-refractivity contribution is 6.13. The Labute approximate surface area is 157 Å². The van der Waals surface area contributed by atoms with Crippen molar-refractivity contribution in [2.24, 2.45) is 0 Å². The molecule has 1 aromatic carbocycles. The number of ether oxygens (including phenoxy) is 1. The van der Waals surface area contributed by atoms with Crippen molar-refractivity contribution in [3.05, 3.63) is 75.9 Å². The van der Waals surface area contributed by atoms with Crippen molar-refractivity contribution in [2.75, 3.05) is 6.61 Å². The first-order valence-electron chi connectivity index (χ1n) is 9.00. The maximum absolute atomic E-state index is 13.3. The predicted molar refractivity (Wildman–Crippen MR) is 102 cm³/mol. The minimum absolute atomic E-state index is 0.248. The van der Waals surface area contributed by atoms with Crippen LogP contribution in [0.3, 0.4) is 0 Å². The molecule has 4 nitrogen and oxygen atoms in total. The third-order valence-corrected chi connectivity index (χ3v) is 4.61. The summed E-state index contributed by atoms with van der Waals surface area (Å²) in [5.41, 5.74) is 4.43. The fourth-order valence-corrected chi connectivity index (χ4v) is 3.56. The van der Waals surface area contributed by atoms with E-state index >= 15 is 0 Å². The number of hydrogen-bond donors (Lipinski definition) is 0. The van der Waals surface area contributed by atoms with E-state index in [1.165, 1.54) is 24.3 Å². The highest BCUT2D eigenvalue weighted by Gasteiger charge is 2.28. The van der Waals surface area contributed by atoms with Crippen LogP contribution >= 0.6 is 0 Å². The van der Waals surface area contributed by atoms with Gasteiger partial charge in [-0.1, -0.05) is 13.0 Å². The van der Waals surface area contributed by atoms with Gasteiger partial charge in [0.05, 0.1) is 23.4 Å². The Morgan fingerprint density at radius 1 is 1.11 bits per heavy atom. The van der Waals surface area contributed by atoms with E-state index in [4.69, 9.17) is 4.74 Å². The molecule has 0 N–H and O–H groups in total. The zero-order valence-electron chi connectivity index (χ0n) is 15.9. The van der Waals surface area contributed by atoms with E-state index in [0.29, 0.717) is 34.3 Å². The molecule has 0 aliphatic heterocycles. The van der Waals surface area contributed by atoms with E-state index in [0.717, 1.165) is 11.1 Å². The zero-order valence-corrected chi connectivity index (χ0v) is 15.9. The number of rotatable bonds is 5. The summed E-state index contributed by atoms with van der Waals surface area (Å²) < 4.78 is 20.3. The number of esters is 1. The molecule has 0 saturated heterocycles. The first kappa shape index (κ1) is 18.8. The molecule has 27 heavy (non-hydrogen) atoms. The number of carbonyl (C=O) groups excluding carboxylic acids is 2. The fraction of sp³-hybridized carbons (Fsp3) is 0.273. The molecular formula is C22H22FNO3. The Bertz CT molecular complexity index is 1030. The lowest BCUT2D eigenvalue weighted by Crippen LogP contribution is -2.10. The summed E-state index contributed by atoms with van der Waals surface area (Å²) in [6.45, 7) is 7.76. The summed E-state index contributed by atoms with van der Waals surface area (Å²) in [5.74, 6) is -1.08. The summed E-state index contributed by atoms with van der Waals surface area (Å²) >= 11 is 0. The minimum Gasteiger partial charge on any atom is -0.462 e. The van der Waals surface area contributed by atoms with Crippen LogP contribution in [0, 0.1) is 19.7 Å². The van der Waals surface area contributed by atoms with Crippen molar-refractivity contribution >= 4 is 17.3 Å². The summed E-state index contributed by atoms with van der Waals surface area (Å²) in [4.78, 5) is 26.0. The molecule has 5 heteroatoms. The molecule has 0 spiro atoms. The molecule has 2 heterocycles. The van der Waals surface area contributed by atoms with Crippen molar-refractivity contribution in [3.8, 4) is 0 Å². The van der Waals surface area contributed by atoms with Gasteiger partial charge >= 0.3 is 5.97 Å². The molecule has 0 fully saturated rings. The van der Waals surface area contributed by atoms with Gasteiger partial charge < -0.3 is 9.14 Å². The molecule has 0 unspecified atom stereocenters. The van der Waals surface area contributed by atoms with E-state index < -0.39 is 11.8 Å². The average molecular weight is 367 g/mol. The second-order valence-corrected chi connectivity index (χ2v) is 6.53. The molecule has 0 amide bonds. The average Bonchev–Trinajstić information content (AvgIpc) is 2.96. The van der Waals surface area contributed by atoms with Crippen LogP contribution in [-0.2, 0) is 11.2 Å². The second-order valence-electron chi connectivity index (χ2n) is 6.53. The van der Waals surface area contributed by atoms with Gasteiger partial charge in [0, 0.05) is 11.8 Å². The predicted octanol–water partition coefficient (Wildman–Crippen LogP) is 4.67. The molecular weight excluding hydrogens is 345 g/mol. The van der Waals surface area contributed by atoms with Gasteiger partial charge in [0.25, 0.3) is 0 Å². The second kappa shape index (κ2) is 7.35. The largest absolute Gasteiger partial charge is 0.462 e. The Morgan fingerprint density at radius 2 is 1.78 bits per heavy atom. The molecule has 140 valence electrons. The van der Waals surface area contributed by atoms with E-state index in [1.54, 1.807) is 11.3 Å². The monoisotopic (exact) mass is 367 g/mol. The quantitative estimate of drug-likeness (QED) is 0.486. The number of pyridine rings is 1. The van der Waals surface area contributed by atoms with Crippen LogP contribution in [-0.4, -0.2) is 22.8 Å². The van der Waals surface area contributed by atoms with Gasteiger partial charge in [0.1, 0.15) is 5.82 Å². The third-order valence-electron chi connectivity index (χ3n) is 4.61. The number of nitrogens with zero attached hydrogens (tertiary/aromatic N) is 1. The number of fused-ring (bicyclic) bond motifs is 1. The zero-order chi connectivity index (χ0) is 19.7. The summed E-state index contributed by atoms with van der Waals surface area (Å²) in [7, 11) is 0. The van der Waals surface area contributed by atoms with Crippen molar-refractivity contribution in [2.45, 2.75) is 34.1 Å². The van der Waals surface area contributed by atoms with Crippen molar-refractivity contribution < 1.29 is 18.7 Å². The Balaban J connectivity index is 2.35. The first-order valence-corrected chi connectivity index (χ1v) is 9.00. The molecule has 2 aromatic heterocycles. The number of aromatic nitrogens is 1. The Kier molecular flexibility index (Phi) is 5.13. The summed E-state index contributed by atoms with van der Waals surface area (Å²) in [6.07, 6.45) is 2.34. The fourth-order valence-electron chi connectivity index (χ4n) is 3.56. The maximum atomic E-state index is 13.3. The van der Waals surface area contributed by atoms with Crippen molar-refractivity contribution in [3.63, 3.8) is 0 Å². The maximum Gasteiger partial charge on any atom is 0.340 e. The number of aryl methyl sites for hydroxylation is 2. The molecule has 0 aliphatic rings. The molecule has 0 saturated carbocycles. The highest BCUT2D eigenvalue weighted by Crippen LogP contribution is 2.30. The molecule has 3 rings (SSSR count). The lowest BCUT2D eigenvalue weighted by molar-refractivity contribution is 0.0527. The van der Waals surface area contributed by atoms with E-state index in [1.807, 2.05) is 33.0 Å². The number of carbonyl (C=O) groups is 2. The van der Waals surface area contributed by atoms with Crippen molar-refractivity contribution in [1.29, 1.82) is 0 Å².